The van der Waals surface area contributed by atoms with E-state index in [1.807, 2.05) is 11.9 Å². The lowest BCUT2D eigenvalue weighted by atomic mass is 10.0. The highest BCUT2D eigenvalue weighted by molar-refractivity contribution is 7.96. The van der Waals surface area contributed by atoms with Gasteiger partial charge in [-0.15, -0.1) is 0 Å². The zero-order valence-electron chi connectivity index (χ0n) is 11.0. The third kappa shape index (κ3) is 2.93. The fourth-order valence-electron chi connectivity index (χ4n) is 3.13. The van der Waals surface area contributed by atoms with Crippen molar-refractivity contribution in [2.45, 2.75) is 51.6 Å². The number of nitrogens with zero attached hydrogens (tertiary/aromatic N) is 2. The van der Waals surface area contributed by atoms with E-state index in [9.17, 15) is 0 Å². The minimum absolute atomic E-state index is 0.860. The van der Waals surface area contributed by atoms with Gasteiger partial charge in [-0.25, -0.2) is 4.31 Å². The molecule has 2 nitrogen and oxygen atoms in total. The Morgan fingerprint density at radius 2 is 2.06 bits per heavy atom. The first kappa shape index (κ1) is 12.7. The predicted octanol–water partition coefficient (Wildman–Crippen LogP) is 2.85. The normalized spacial score (nSPS) is 32.2. The van der Waals surface area contributed by atoms with Crippen LogP contribution in [0, 0.1) is 5.92 Å². The van der Waals surface area contributed by atoms with Crippen molar-refractivity contribution in [1.29, 1.82) is 0 Å². The van der Waals surface area contributed by atoms with E-state index in [2.05, 4.69) is 29.3 Å². The molecular weight excluding hydrogens is 216 g/mol. The maximum Gasteiger partial charge on any atom is 0.0246 e. The molecule has 0 saturated carbocycles. The van der Waals surface area contributed by atoms with Crippen molar-refractivity contribution < 1.29 is 0 Å². The SMILES string of the molecule is CSN1CCN2C(CCC(C)C)CCC2C1. The molecule has 0 amide bonds. The van der Waals surface area contributed by atoms with E-state index in [4.69, 9.17) is 0 Å². The number of hydrogen-bond donors (Lipinski definition) is 0. The zero-order valence-corrected chi connectivity index (χ0v) is 11.8. The smallest absolute Gasteiger partial charge is 0.0246 e. The summed E-state index contributed by atoms with van der Waals surface area (Å²) in [5, 5.41) is 0. The van der Waals surface area contributed by atoms with Crippen LogP contribution in [0.5, 0.6) is 0 Å². The van der Waals surface area contributed by atoms with E-state index in [1.165, 1.54) is 45.3 Å². The highest BCUT2D eigenvalue weighted by atomic mass is 32.2. The quantitative estimate of drug-likeness (QED) is 0.700. The summed E-state index contributed by atoms with van der Waals surface area (Å²) in [5.41, 5.74) is 0. The Morgan fingerprint density at radius 1 is 1.25 bits per heavy atom. The first-order valence-electron chi connectivity index (χ1n) is 6.75. The molecule has 0 aromatic heterocycles. The van der Waals surface area contributed by atoms with Crippen molar-refractivity contribution in [3.05, 3.63) is 0 Å². The predicted molar refractivity (Wildman–Crippen MR) is 72.7 cm³/mol. The molecule has 2 aliphatic rings. The molecule has 0 bridgehead atoms. The molecule has 0 N–H and O–H groups in total. The minimum atomic E-state index is 0.860. The highest BCUT2D eigenvalue weighted by Gasteiger charge is 2.36. The molecule has 0 aromatic carbocycles. The summed E-state index contributed by atoms with van der Waals surface area (Å²) in [6.07, 6.45) is 7.91. The summed E-state index contributed by atoms with van der Waals surface area (Å²) in [6, 6.07) is 1.76. The summed E-state index contributed by atoms with van der Waals surface area (Å²) in [5.74, 6) is 0.867. The lowest BCUT2D eigenvalue weighted by Crippen LogP contribution is -2.50. The highest BCUT2D eigenvalue weighted by Crippen LogP contribution is 2.31. The van der Waals surface area contributed by atoms with E-state index in [0.29, 0.717) is 0 Å². The maximum absolute atomic E-state index is 2.80. The largest absolute Gasteiger partial charge is 0.295 e. The molecule has 0 spiro atoms. The van der Waals surface area contributed by atoms with Gasteiger partial charge in [-0.1, -0.05) is 25.8 Å². The number of piperazine rings is 1. The molecule has 2 rings (SSSR count). The van der Waals surface area contributed by atoms with Gasteiger partial charge in [0.1, 0.15) is 0 Å². The summed E-state index contributed by atoms with van der Waals surface area (Å²) in [7, 11) is 0. The summed E-state index contributed by atoms with van der Waals surface area (Å²) in [4.78, 5) is 2.80. The number of hydrogen-bond acceptors (Lipinski definition) is 3. The van der Waals surface area contributed by atoms with Crippen molar-refractivity contribution in [2.75, 3.05) is 25.9 Å². The van der Waals surface area contributed by atoms with E-state index >= 15 is 0 Å². The second-order valence-electron chi connectivity index (χ2n) is 5.66. The van der Waals surface area contributed by atoms with Crippen LogP contribution in [0.3, 0.4) is 0 Å². The third-order valence-electron chi connectivity index (χ3n) is 4.13. The summed E-state index contributed by atoms with van der Waals surface area (Å²) >= 11 is 1.92. The molecule has 3 heteroatoms. The average molecular weight is 242 g/mol. The Labute approximate surface area is 105 Å². The van der Waals surface area contributed by atoms with E-state index < -0.39 is 0 Å². The molecule has 0 aromatic rings. The molecule has 2 fully saturated rings. The van der Waals surface area contributed by atoms with Crippen molar-refractivity contribution in [1.82, 2.24) is 9.21 Å². The van der Waals surface area contributed by atoms with Gasteiger partial charge in [-0.05, 0) is 37.9 Å². The Hall–Kier alpha value is 0.270. The standard InChI is InChI=1S/C13H26N2S/c1-11(2)4-5-12-6-7-13-10-14(16-3)8-9-15(12)13/h11-13H,4-10H2,1-3H3. The fourth-order valence-corrected chi connectivity index (χ4v) is 3.72. The monoisotopic (exact) mass is 242 g/mol. The summed E-state index contributed by atoms with van der Waals surface area (Å²) in [6.45, 7) is 8.54. The van der Waals surface area contributed by atoms with Gasteiger partial charge in [-0.3, -0.25) is 4.90 Å². The first-order valence-corrected chi connectivity index (χ1v) is 7.93. The van der Waals surface area contributed by atoms with E-state index in [-0.39, 0.29) is 0 Å². The van der Waals surface area contributed by atoms with Gasteiger partial charge in [0.05, 0.1) is 0 Å². The zero-order chi connectivity index (χ0) is 11.5. The molecule has 16 heavy (non-hydrogen) atoms. The van der Waals surface area contributed by atoms with Gasteiger partial charge in [0.25, 0.3) is 0 Å². The van der Waals surface area contributed by atoms with Crippen LogP contribution in [0.2, 0.25) is 0 Å². The Kier molecular flexibility index (Phi) is 4.57. The van der Waals surface area contributed by atoms with Crippen LogP contribution in [0.25, 0.3) is 0 Å². The van der Waals surface area contributed by atoms with Crippen molar-refractivity contribution in [3.63, 3.8) is 0 Å². The molecule has 0 radical (unpaired) electrons. The van der Waals surface area contributed by atoms with Crippen LogP contribution in [0.15, 0.2) is 0 Å². The van der Waals surface area contributed by atoms with Crippen molar-refractivity contribution >= 4 is 11.9 Å². The molecule has 2 unspecified atom stereocenters. The van der Waals surface area contributed by atoms with Crippen LogP contribution in [0.1, 0.15) is 39.5 Å². The number of rotatable bonds is 4. The third-order valence-corrected chi connectivity index (χ3v) is 4.98. The van der Waals surface area contributed by atoms with Crippen LogP contribution < -0.4 is 0 Å². The molecule has 2 saturated heterocycles. The molecule has 2 heterocycles. The molecule has 2 atom stereocenters. The topological polar surface area (TPSA) is 6.48 Å². The van der Waals surface area contributed by atoms with Gasteiger partial charge in [0.2, 0.25) is 0 Å². The molecule has 0 aliphatic carbocycles. The van der Waals surface area contributed by atoms with Crippen LogP contribution in [-0.4, -0.2) is 47.2 Å². The van der Waals surface area contributed by atoms with E-state index in [1.54, 1.807) is 0 Å². The van der Waals surface area contributed by atoms with Crippen LogP contribution in [-0.2, 0) is 0 Å². The minimum Gasteiger partial charge on any atom is -0.295 e. The maximum atomic E-state index is 2.80. The second-order valence-corrected chi connectivity index (χ2v) is 6.55. The van der Waals surface area contributed by atoms with E-state index in [0.717, 1.165) is 18.0 Å². The van der Waals surface area contributed by atoms with Gasteiger partial charge < -0.3 is 0 Å². The van der Waals surface area contributed by atoms with Crippen LogP contribution >= 0.6 is 11.9 Å². The first-order chi connectivity index (χ1) is 7.70. The average Bonchev–Trinajstić information content (AvgIpc) is 2.68. The Morgan fingerprint density at radius 3 is 2.75 bits per heavy atom. The Balaban J connectivity index is 1.82. The second kappa shape index (κ2) is 5.74. The Bertz CT molecular complexity index is 220. The molecule has 2 aliphatic heterocycles. The molecule has 94 valence electrons. The van der Waals surface area contributed by atoms with Crippen LogP contribution in [0.4, 0.5) is 0 Å². The van der Waals surface area contributed by atoms with Crippen molar-refractivity contribution in [2.24, 2.45) is 5.92 Å². The fraction of sp³-hybridized carbons (Fsp3) is 1.00. The number of fused-ring (bicyclic) bond motifs is 1. The van der Waals surface area contributed by atoms with Gasteiger partial charge in [-0.2, -0.15) is 0 Å². The summed E-state index contributed by atoms with van der Waals surface area (Å²) < 4.78 is 2.53. The molecular formula is C13H26N2S. The van der Waals surface area contributed by atoms with Gasteiger partial charge >= 0.3 is 0 Å². The van der Waals surface area contributed by atoms with Gasteiger partial charge in [0.15, 0.2) is 0 Å². The lowest BCUT2D eigenvalue weighted by Gasteiger charge is -2.39. The van der Waals surface area contributed by atoms with Crippen molar-refractivity contribution in [3.8, 4) is 0 Å². The van der Waals surface area contributed by atoms with Gasteiger partial charge in [0, 0.05) is 31.7 Å². The lowest BCUT2D eigenvalue weighted by molar-refractivity contribution is 0.119.